The number of aryl methyl sites for hydroxylation is 2. The Morgan fingerprint density at radius 2 is 1.87 bits per heavy atom. The molecule has 1 aromatic rings. The summed E-state index contributed by atoms with van der Waals surface area (Å²) in [4.78, 5) is 18.1. The van der Waals surface area contributed by atoms with E-state index in [1.165, 1.54) is 30.4 Å². The van der Waals surface area contributed by atoms with E-state index in [1.54, 1.807) is 0 Å². The maximum atomic E-state index is 12.0. The fraction of sp³-hybridized carbons (Fsp3) is 0.529. The number of benzene rings is 1. The third kappa shape index (κ3) is 4.83. The van der Waals surface area contributed by atoms with Crippen molar-refractivity contribution in [2.24, 2.45) is 10.7 Å². The molecule has 23 heavy (non-hydrogen) atoms. The highest BCUT2D eigenvalue weighted by molar-refractivity contribution is 14.0. The minimum Gasteiger partial charge on any atom is -0.370 e. The molecule has 1 fully saturated rings. The second-order valence-corrected chi connectivity index (χ2v) is 6.10. The number of amides is 1. The number of likely N-dealkylation sites (tertiary alicyclic amines) is 1. The summed E-state index contributed by atoms with van der Waals surface area (Å²) in [5, 5.41) is 3.09. The SMILES string of the molecule is I.NC(=NCC(=O)N1CCCCC1)Nc1ccc2c(c1)CCC2. The number of rotatable bonds is 3. The van der Waals surface area contributed by atoms with Crippen LogP contribution in [0.25, 0.3) is 0 Å². The Morgan fingerprint density at radius 1 is 1.13 bits per heavy atom. The van der Waals surface area contributed by atoms with Crippen LogP contribution in [-0.4, -0.2) is 36.4 Å². The Hall–Kier alpha value is -1.31. The molecule has 0 spiro atoms. The standard InChI is InChI=1S/C17H24N4O.HI/c18-17(19-12-16(22)21-9-2-1-3-10-21)20-15-8-7-13-5-4-6-14(13)11-15;/h7-8,11H,1-6,9-10,12H2,(H3,18,19,20);1H. The van der Waals surface area contributed by atoms with Crippen molar-refractivity contribution in [3.8, 4) is 0 Å². The average Bonchev–Trinajstić information content (AvgIpc) is 3.01. The number of nitrogens with one attached hydrogen (secondary N) is 1. The van der Waals surface area contributed by atoms with Crippen molar-refractivity contribution >= 4 is 41.5 Å². The molecular formula is C17H25IN4O. The molecule has 0 unspecified atom stereocenters. The molecule has 6 heteroatoms. The molecule has 0 aromatic heterocycles. The molecule has 3 rings (SSSR count). The number of hydrogen-bond donors (Lipinski definition) is 2. The predicted molar refractivity (Wildman–Crippen MR) is 104 cm³/mol. The first-order valence-electron chi connectivity index (χ1n) is 8.19. The lowest BCUT2D eigenvalue weighted by molar-refractivity contribution is -0.130. The summed E-state index contributed by atoms with van der Waals surface area (Å²) in [5.74, 6) is 0.377. The molecular weight excluding hydrogens is 403 g/mol. The first-order valence-corrected chi connectivity index (χ1v) is 8.19. The lowest BCUT2D eigenvalue weighted by atomic mass is 10.1. The Morgan fingerprint density at radius 3 is 2.65 bits per heavy atom. The van der Waals surface area contributed by atoms with Gasteiger partial charge in [0.2, 0.25) is 5.91 Å². The van der Waals surface area contributed by atoms with Crippen LogP contribution < -0.4 is 11.1 Å². The van der Waals surface area contributed by atoms with E-state index < -0.39 is 0 Å². The van der Waals surface area contributed by atoms with Crippen molar-refractivity contribution in [3.05, 3.63) is 29.3 Å². The number of fused-ring (bicyclic) bond motifs is 1. The van der Waals surface area contributed by atoms with Gasteiger partial charge in [-0.05, 0) is 61.8 Å². The highest BCUT2D eigenvalue weighted by Crippen LogP contribution is 2.24. The van der Waals surface area contributed by atoms with Crippen LogP contribution in [0.3, 0.4) is 0 Å². The molecule has 1 aromatic carbocycles. The minimum atomic E-state index is 0. The van der Waals surface area contributed by atoms with Gasteiger partial charge in [-0.25, -0.2) is 4.99 Å². The van der Waals surface area contributed by atoms with Crippen LogP contribution in [0.1, 0.15) is 36.8 Å². The van der Waals surface area contributed by atoms with Crippen molar-refractivity contribution in [2.75, 3.05) is 25.0 Å². The Kier molecular flexibility index (Phi) is 6.68. The zero-order chi connectivity index (χ0) is 15.4. The second-order valence-electron chi connectivity index (χ2n) is 6.10. The molecule has 1 amide bonds. The third-order valence-corrected chi connectivity index (χ3v) is 4.46. The molecule has 2 aliphatic rings. The van der Waals surface area contributed by atoms with Gasteiger partial charge in [-0.3, -0.25) is 4.79 Å². The number of nitrogens with zero attached hydrogens (tertiary/aromatic N) is 2. The van der Waals surface area contributed by atoms with Crippen LogP contribution in [-0.2, 0) is 17.6 Å². The molecule has 3 N–H and O–H groups in total. The maximum Gasteiger partial charge on any atom is 0.244 e. The van der Waals surface area contributed by atoms with Crippen molar-refractivity contribution in [3.63, 3.8) is 0 Å². The number of halogens is 1. The fourth-order valence-electron chi connectivity index (χ4n) is 3.23. The summed E-state index contributed by atoms with van der Waals surface area (Å²) in [6.07, 6.45) is 6.94. The van der Waals surface area contributed by atoms with Crippen LogP contribution >= 0.6 is 24.0 Å². The summed E-state index contributed by atoms with van der Waals surface area (Å²) in [7, 11) is 0. The van der Waals surface area contributed by atoms with Crippen molar-refractivity contribution in [1.82, 2.24) is 4.90 Å². The number of carbonyl (C=O) groups excluding carboxylic acids is 1. The van der Waals surface area contributed by atoms with Gasteiger partial charge in [0.15, 0.2) is 5.96 Å². The molecule has 1 aliphatic heterocycles. The number of carbonyl (C=O) groups is 1. The largest absolute Gasteiger partial charge is 0.370 e. The van der Waals surface area contributed by atoms with E-state index in [0.717, 1.165) is 38.0 Å². The average molecular weight is 428 g/mol. The van der Waals surface area contributed by atoms with Crippen molar-refractivity contribution in [1.29, 1.82) is 0 Å². The van der Waals surface area contributed by atoms with Gasteiger partial charge < -0.3 is 16.0 Å². The predicted octanol–water partition coefficient (Wildman–Crippen LogP) is 2.53. The molecule has 1 heterocycles. The summed E-state index contributed by atoms with van der Waals surface area (Å²) >= 11 is 0. The molecule has 0 atom stereocenters. The molecule has 126 valence electrons. The Bertz CT molecular complexity index is 582. The van der Waals surface area contributed by atoms with Gasteiger partial charge in [-0.1, -0.05) is 6.07 Å². The quantitative estimate of drug-likeness (QED) is 0.442. The van der Waals surface area contributed by atoms with E-state index in [1.807, 2.05) is 11.0 Å². The van der Waals surface area contributed by atoms with E-state index in [0.29, 0.717) is 5.96 Å². The van der Waals surface area contributed by atoms with Crippen LogP contribution in [0.2, 0.25) is 0 Å². The second kappa shape index (κ2) is 8.52. The van der Waals surface area contributed by atoms with Crippen LogP contribution in [0, 0.1) is 0 Å². The Labute approximate surface area is 154 Å². The van der Waals surface area contributed by atoms with Crippen LogP contribution in [0.4, 0.5) is 5.69 Å². The summed E-state index contributed by atoms with van der Waals surface area (Å²) in [5.41, 5.74) is 9.67. The number of guanidine groups is 1. The molecule has 1 aliphatic carbocycles. The van der Waals surface area contributed by atoms with Crippen molar-refractivity contribution < 1.29 is 4.79 Å². The van der Waals surface area contributed by atoms with Crippen molar-refractivity contribution in [2.45, 2.75) is 38.5 Å². The van der Waals surface area contributed by atoms with E-state index in [4.69, 9.17) is 5.73 Å². The van der Waals surface area contributed by atoms with Gasteiger partial charge in [0.1, 0.15) is 6.54 Å². The number of anilines is 1. The molecule has 5 nitrogen and oxygen atoms in total. The van der Waals surface area contributed by atoms with Gasteiger partial charge in [-0.2, -0.15) is 0 Å². The van der Waals surface area contributed by atoms with Crippen LogP contribution in [0.15, 0.2) is 23.2 Å². The van der Waals surface area contributed by atoms with E-state index in [9.17, 15) is 4.79 Å². The van der Waals surface area contributed by atoms with Gasteiger partial charge in [-0.15, -0.1) is 24.0 Å². The number of aliphatic imine (C=N–C) groups is 1. The normalized spacial score (nSPS) is 17.4. The van der Waals surface area contributed by atoms with Crippen LogP contribution in [0.5, 0.6) is 0 Å². The first-order chi connectivity index (χ1) is 10.7. The number of hydrogen-bond acceptors (Lipinski definition) is 2. The summed E-state index contributed by atoms with van der Waals surface area (Å²) in [6.45, 7) is 1.84. The number of piperidine rings is 1. The first kappa shape index (κ1) is 18.0. The van der Waals surface area contributed by atoms with Gasteiger partial charge in [0.25, 0.3) is 0 Å². The summed E-state index contributed by atoms with van der Waals surface area (Å²) < 4.78 is 0. The monoisotopic (exact) mass is 428 g/mol. The molecule has 0 radical (unpaired) electrons. The molecule has 1 saturated heterocycles. The summed E-state index contributed by atoms with van der Waals surface area (Å²) in [6, 6.07) is 6.31. The van der Waals surface area contributed by atoms with E-state index >= 15 is 0 Å². The molecule has 0 bridgehead atoms. The molecule has 0 saturated carbocycles. The van der Waals surface area contributed by atoms with Gasteiger partial charge >= 0.3 is 0 Å². The zero-order valence-electron chi connectivity index (χ0n) is 13.4. The van der Waals surface area contributed by atoms with E-state index in [2.05, 4.69) is 22.4 Å². The third-order valence-electron chi connectivity index (χ3n) is 4.46. The Balaban J connectivity index is 0.00000192. The topological polar surface area (TPSA) is 70.7 Å². The highest BCUT2D eigenvalue weighted by Gasteiger charge is 2.16. The lowest BCUT2D eigenvalue weighted by Gasteiger charge is -2.26. The van der Waals surface area contributed by atoms with Gasteiger partial charge in [0.05, 0.1) is 0 Å². The zero-order valence-corrected chi connectivity index (χ0v) is 15.7. The smallest absolute Gasteiger partial charge is 0.244 e. The number of nitrogens with two attached hydrogens (primary N) is 1. The fourth-order valence-corrected chi connectivity index (χ4v) is 3.23. The van der Waals surface area contributed by atoms with Gasteiger partial charge in [0, 0.05) is 18.8 Å². The maximum absolute atomic E-state index is 12.0. The lowest BCUT2D eigenvalue weighted by Crippen LogP contribution is -2.37. The van der Waals surface area contributed by atoms with E-state index in [-0.39, 0.29) is 36.4 Å². The highest BCUT2D eigenvalue weighted by atomic mass is 127. The minimum absolute atomic E-state index is 0.